The molecule has 1 aliphatic rings. The van der Waals surface area contributed by atoms with Gasteiger partial charge in [-0.1, -0.05) is 13.8 Å². The standard InChI is InChI=1S/C17H26BrNO.ClH/c1-4-7-19(8-5-2)15-9-13-11-16(18)17(20-6-3)12-14(13)10-15;/h11-12,15H,4-10H2,1-3H3;1H/t15-;/m0./s1. The van der Waals surface area contributed by atoms with E-state index in [0.717, 1.165) is 16.8 Å². The van der Waals surface area contributed by atoms with E-state index >= 15 is 0 Å². The third kappa shape index (κ3) is 4.61. The van der Waals surface area contributed by atoms with E-state index in [2.05, 4.69) is 46.8 Å². The predicted molar refractivity (Wildman–Crippen MR) is 95.9 cm³/mol. The number of fused-ring (bicyclic) bond motifs is 1. The van der Waals surface area contributed by atoms with Crippen molar-refractivity contribution in [1.29, 1.82) is 0 Å². The Labute approximate surface area is 143 Å². The van der Waals surface area contributed by atoms with Gasteiger partial charge in [-0.3, -0.25) is 4.90 Å². The molecule has 0 saturated heterocycles. The van der Waals surface area contributed by atoms with Crippen LogP contribution in [0.3, 0.4) is 0 Å². The van der Waals surface area contributed by atoms with E-state index in [0.29, 0.717) is 6.04 Å². The van der Waals surface area contributed by atoms with E-state index in [-0.39, 0.29) is 12.4 Å². The maximum Gasteiger partial charge on any atom is 0.133 e. The highest BCUT2D eigenvalue weighted by Gasteiger charge is 2.27. The summed E-state index contributed by atoms with van der Waals surface area (Å²) in [6, 6.07) is 5.17. The topological polar surface area (TPSA) is 12.5 Å². The van der Waals surface area contributed by atoms with Crippen molar-refractivity contribution in [3.8, 4) is 5.75 Å². The van der Waals surface area contributed by atoms with Gasteiger partial charge in [-0.25, -0.2) is 0 Å². The number of hydrogen-bond acceptors (Lipinski definition) is 2. The molecule has 0 radical (unpaired) electrons. The summed E-state index contributed by atoms with van der Waals surface area (Å²) in [5.41, 5.74) is 2.96. The van der Waals surface area contributed by atoms with Crippen LogP contribution in [0.2, 0.25) is 0 Å². The van der Waals surface area contributed by atoms with E-state index in [9.17, 15) is 0 Å². The van der Waals surface area contributed by atoms with Crippen molar-refractivity contribution in [3.05, 3.63) is 27.7 Å². The number of benzene rings is 1. The lowest BCUT2D eigenvalue weighted by Gasteiger charge is -2.27. The van der Waals surface area contributed by atoms with Crippen LogP contribution >= 0.6 is 28.3 Å². The second-order valence-electron chi connectivity index (χ2n) is 5.58. The van der Waals surface area contributed by atoms with Crippen LogP contribution in [0.4, 0.5) is 0 Å². The Morgan fingerprint density at radius 3 is 2.19 bits per heavy atom. The normalized spacial score (nSPS) is 16.7. The number of halogens is 2. The lowest BCUT2D eigenvalue weighted by molar-refractivity contribution is 0.202. The summed E-state index contributed by atoms with van der Waals surface area (Å²) >= 11 is 3.63. The van der Waals surface area contributed by atoms with Crippen molar-refractivity contribution in [2.75, 3.05) is 19.7 Å². The van der Waals surface area contributed by atoms with Crippen LogP contribution < -0.4 is 4.74 Å². The molecule has 1 aliphatic carbocycles. The van der Waals surface area contributed by atoms with Crippen molar-refractivity contribution < 1.29 is 4.74 Å². The molecule has 0 fully saturated rings. The molecule has 0 saturated carbocycles. The maximum atomic E-state index is 5.69. The second kappa shape index (κ2) is 9.02. The molecule has 0 aliphatic heterocycles. The highest BCUT2D eigenvalue weighted by Crippen LogP contribution is 2.34. The highest BCUT2D eigenvalue weighted by atomic mass is 79.9. The zero-order valence-electron chi connectivity index (χ0n) is 13.3. The average Bonchev–Trinajstić information content (AvgIpc) is 2.82. The van der Waals surface area contributed by atoms with Crippen LogP contribution in [0, 0.1) is 0 Å². The fourth-order valence-electron chi connectivity index (χ4n) is 3.17. The first-order valence-electron chi connectivity index (χ1n) is 7.87. The molecule has 0 aromatic heterocycles. The Morgan fingerprint density at radius 1 is 1.10 bits per heavy atom. The van der Waals surface area contributed by atoms with E-state index in [1.807, 2.05) is 6.92 Å². The predicted octanol–water partition coefficient (Wildman–Crippen LogP) is 4.86. The van der Waals surface area contributed by atoms with Crippen LogP contribution in [0.25, 0.3) is 0 Å². The smallest absolute Gasteiger partial charge is 0.133 e. The van der Waals surface area contributed by atoms with Gasteiger partial charge in [0.2, 0.25) is 0 Å². The van der Waals surface area contributed by atoms with Crippen molar-refractivity contribution in [2.24, 2.45) is 0 Å². The molecule has 21 heavy (non-hydrogen) atoms. The van der Waals surface area contributed by atoms with E-state index in [4.69, 9.17) is 4.74 Å². The van der Waals surface area contributed by atoms with Crippen LogP contribution in [0.5, 0.6) is 5.75 Å². The Balaban J connectivity index is 0.00000220. The van der Waals surface area contributed by atoms with Gasteiger partial charge < -0.3 is 4.74 Å². The fourth-order valence-corrected chi connectivity index (χ4v) is 3.68. The zero-order chi connectivity index (χ0) is 14.5. The molecule has 0 N–H and O–H groups in total. The maximum absolute atomic E-state index is 5.69. The number of hydrogen-bond donors (Lipinski definition) is 0. The van der Waals surface area contributed by atoms with Crippen LogP contribution in [-0.4, -0.2) is 30.6 Å². The number of nitrogens with zero attached hydrogens (tertiary/aromatic N) is 1. The van der Waals surface area contributed by atoms with Gasteiger partial charge in [0.15, 0.2) is 0 Å². The summed E-state index contributed by atoms with van der Waals surface area (Å²) in [6.07, 6.45) is 4.82. The molecule has 0 bridgehead atoms. The van der Waals surface area contributed by atoms with Gasteiger partial charge in [-0.15, -0.1) is 12.4 Å². The molecule has 0 amide bonds. The first-order chi connectivity index (χ1) is 9.69. The Bertz CT molecular complexity index is 447. The summed E-state index contributed by atoms with van der Waals surface area (Å²) in [5.74, 6) is 0.990. The van der Waals surface area contributed by atoms with Gasteiger partial charge >= 0.3 is 0 Å². The third-order valence-electron chi connectivity index (χ3n) is 4.00. The van der Waals surface area contributed by atoms with Crippen molar-refractivity contribution in [3.63, 3.8) is 0 Å². The van der Waals surface area contributed by atoms with Crippen LogP contribution in [-0.2, 0) is 12.8 Å². The van der Waals surface area contributed by atoms with E-state index < -0.39 is 0 Å². The largest absolute Gasteiger partial charge is 0.493 e. The van der Waals surface area contributed by atoms with E-state index in [1.54, 1.807) is 0 Å². The summed E-state index contributed by atoms with van der Waals surface area (Å²) < 4.78 is 6.79. The number of ether oxygens (including phenoxy) is 1. The first-order valence-corrected chi connectivity index (χ1v) is 8.67. The molecule has 2 nitrogen and oxygen atoms in total. The van der Waals surface area contributed by atoms with Gasteiger partial charge in [0.1, 0.15) is 5.75 Å². The molecule has 4 heteroatoms. The van der Waals surface area contributed by atoms with E-state index in [1.165, 1.54) is 49.9 Å². The molecule has 1 atom stereocenters. The molecule has 120 valence electrons. The highest BCUT2D eigenvalue weighted by molar-refractivity contribution is 9.10. The third-order valence-corrected chi connectivity index (χ3v) is 4.62. The van der Waals surface area contributed by atoms with Gasteiger partial charge in [-0.05, 0) is 84.9 Å². The Morgan fingerprint density at radius 2 is 1.67 bits per heavy atom. The molecule has 0 unspecified atom stereocenters. The van der Waals surface area contributed by atoms with Crippen LogP contribution in [0.1, 0.15) is 44.7 Å². The van der Waals surface area contributed by atoms with Crippen molar-refractivity contribution in [2.45, 2.75) is 52.5 Å². The van der Waals surface area contributed by atoms with Crippen molar-refractivity contribution in [1.82, 2.24) is 4.90 Å². The molecule has 2 rings (SSSR count). The minimum Gasteiger partial charge on any atom is -0.493 e. The van der Waals surface area contributed by atoms with Crippen molar-refractivity contribution >= 4 is 28.3 Å². The molecule has 1 aromatic carbocycles. The quantitative estimate of drug-likeness (QED) is 0.674. The molecular formula is C17H27BrClNO. The molecular weight excluding hydrogens is 350 g/mol. The summed E-state index contributed by atoms with van der Waals surface area (Å²) in [6.45, 7) is 9.73. The van der Waals surface area contributed by atoms with Gasteiger partial charge in [0, 0.05) is 6.04 Å². The zero-order valence-corrected chi connectivity index (χ0v) is 15.7. The molecule has 0 heterocycles. The average molecular weight is 377 g/mol. The van der Waals surface area contributed by atoms with Gasteiger partial charge in [0.25, 0.3) is 0 Å². The minimum absolute atomic E-state index is 0. The van der Waals surface area contributed by atoms with Gasteiger partial charge in [0.05, 0.1) is 11.1 Å². The SMILES string of the molecule is CCCN(CCC)[C@H]1Cc2cc(Br)c(OCC)cc2C1.Cl. The monoisotopic (exact) mass is 375 g/mol. The minimum atomic E-state index is 0. The molecule has 0 spiro atoms. The Kier molecular flexibility index (Phi) is 8.07. The first kappa shape index (κ1) is 18.8. The molecule has 1 aromatic rings. The Hall–Kier alpha value is -0.250. The summed E-state index contributed by atoms with van der Waals surface area (Å²) in [5, 5.41) is 0. The van der Waals surface area contributed by atoms with Crippen LogP contribution in [0.15, 0.2) is 16.6 Å². The summed E-state index contributed by atoms with van der Waals surface area (Å²) in [7, 11) is 0. The van der Waals surface area contributed by atoms with Gasteiger partial charge in [-0.2, -0.15) is 0 Å². The fraction of sp³-hybridized carbons (Fsp3) is 0.647. The summed E-state index contributed by atoms with van der Waals surface area (Å²) in [4.78, 5) is 2.66. The second-order valence-corrected chi connectivity index (χ2v) is 6.44. The lowest BCUT2D eigenvalue weighted by Crippen LogP contribution is -2.37. The number of rotatable bonds is 7. The lowest BCUT2D eigenvalue weighted by atomic mass is 10.1.